The summed E-state index contributed by atoms with van der Waals surface area (Å²) in [6, 6.07) is 10.8. The molecule has 6 heteroatoms. The fourth-order valence-corrected chi connectivity index (χ4v) is 2.37. The molecular weight excluding hydrogens is 382 g/mol. The molecule has 1 amide bonds. The number of nitrogens with one attached hydrogen (secondary N) is 1. The van der Waals surface area contributed by atoms with Crippen molar-refractivity contribution in [1.82, 2.24) is 0 Å². The van der Waals surface area contributed by atoms with Gasteiger partial charge in [0.25, 0.3) is 0 Å². The molecule has 0 saturated heterocycles. The Morgan fingerprint density at radius 2 is 1.78 bits per heavy atom. The van der Waals surface area contributed by atoms with E-state index in [0.717, 1.165) is 10.0 Å². The summed E-state index contributed by atoms with van der Waals surface area (Å²) in [5.74, 6) is 0.636. The van der Waals surface area contributed by atoms with Gasteiger partial charge in [0.15, 0.2) is 0 Å². The Balaban J connectivity index is 2.14. The summed E-state index contributed by atoms with van der Waals surface area (Å²) in [6.07, 6.45) is 3.17. The van der Waals surface area contributed by atoms with E-state index < -0.39 is 0 Å². The standard InChI is InChI=1S/C17H15BrClNO3/c1-22-15-10-14(16(23-2)9-13(15)19)20-17(21)8-5-11-3-6-12(18)7-4-11/h3-10H,1-2H3,(H,20,21)/b8-5-. The number of halogens is 2. The van der Waals surface area contributed by atoms with Gasteiger partial charge in [0, 0.05) is 22.7 Å². The van der Waals surface area contributed by atoms with E-state index in [-0.39, 0.29) is 5.91 Å². The Bertz CT molecular complexity index is 729. The summed E-state index contributed by atoms with van der Waals surface area (Å²) in [7, 11) is 3.01. The zero-order chi connectivity index (χ0) is 16.8. The van der Waals surface area contributed by atoms with Gasteiger partial charge in [-0.05, 0) is 23.8 Å². The molecule has 0 saturated carbocycles. The van der Waals surface area contributed by atoms with Gasteiger partial charge >= 0.3 is 0 Å². The van der Waals surface area contributed by atoms with Crippen molar-refractivity contribution < 1.29 is 14.3 Å². The Hall–Kier alpha value is -1.98. The summed E-state index contributed by atoms with van der Waals surface area (Å²) in [6.45, 7) is 0. The minimum Gasteiger partial charge on any atom is -0.495 e. The summed E-state index contributed by atoms with van der Waals surface area (Å²) in [5.41, 5.74) is 1.41. The molecular formula is C17H15BrClNO3. The Morgan fingerprint density at radius 3 is 2.39 bits per heavy atom. The number of methoxy groups -OCH3 is 2. The van der Waals surface area contributed by atoms with E-state index in [1.807, 2.05) is 24.3 Å². The van der Waals surface area contributed by atoms with E-state index in [4.69, 9.17) is 21.1 Å². The van der Waals surface area contributed by atoms with E-state index in [0.29, 0.717) is 22.2 Å². The van der Waals surface area contributed by atoms with Crippen molar-refractivity contribution in [3.05, 3.63) is 57.5 Å². The van der Waals surface area contributed by atoms with Crippen LogP contribution in [0.5, 0.6) is 11.5 Å². The predicted molar refractivity (Wildman–Crippen MR) is 96.4 cm³/mol. The van der Waals surface area contributed by atoms with Gasteiger partial charge in [-0.3, -0.25) is 4.79 Å². The number of rotatable bonds is 5. The molecule has 0 bridgehead atoms. The van der Waals surface area contributed by atoms with E-state index in [2.05, 4.69) is 21.2 Å². The van der Waals surface area contributed by atoms with Crippen LogP contribution in [0.15, 0.2) is 46.9 Å². The van der Waals surface area contributed by atoms with E-state index in [9.17, 15) is 4.79 Å². The highest BCUT2D eigenvalue weighted by Crippen LogP contribution is 2.35. The zero-order valence-electron chi connectivity index (χ0n) is 12.6. The third kappa shape index (κ3) is 4.74. The molecule has 0 aliphatic rings. The topological polar surface area (TPSA) is 47.6 Å². The molecule has 1 N–H and O–H groups in total. The molecule has 0 aliphatic carbocycles. The van der Waals surface area contributed by atoms with Gasteiger partial charge in [-0.15, -0.1) is 0 Å². The number of benzene rings is 2. The monoisotopic (exact) mass is 395 g/mol. The van der Waals surface area contributed by atoms with Crippen LogP contribution in [0, 0.1) is 0 Å². The first kappa shape index (κ1) is 17.4. The van der Waals surface area contributed by atoms with E-state index >= 15 is 0 Å². The average Bonchev–Trinajstić information content (AvgIpc) is 2.55. The van der Waals surface area contributed by atoms with Crippen molar-refractivity contribution in [3.63, 3.8) is 0 Å². The highest BCUT2D eigenvalue weighted by atomic mass is 79.9. The third-order valence-corrected chi connectivity index (χ3v) is 3.85. The molecule has 0 unspecified atom stereocenters. The SMILES string of the molecule is COc1cc(NC(=O)/C=C\c2ccc(Br)cc2)c(OC)cc1Cl. The van der Waals surface area contributed by atoms with Crippen molar-refractivity contribution >= 4 is 45.2 Å². The number of ether oxygens (including phenoxy) is 2. The predicted octanol–water partition coefficient (Wildman–Crippen LogP) is 4.77. The van der Waals surface area contributed by atoms with Gasteiger partial charge in [0.05, 0.1) is 24.9 Å². The Labute approximate surface area is 148 Å². The smallest absolute Gasteiger partial charge is 0.248 e. The number of amides is 1. The molecule has 2 aromatic rings. The molecule has 0 radical (unpaired) electrons. The summed E-state index contributed by atoms with van der Waals surface area (Å²) < 4.78 is 11.3. The molecule has 0 fully saturated rings. The largest absolute Gasteiger partial charge is 0.495 e. The summed E-state index contributed by atoms with van der Waals surface area (Å²) >= 11 is 9.40. The second-order valence-corrected chi connectivity index (χ2v) is 5.88. The molecule has 4 nitrogen and oxygen atoms in total. The van der Waals surface area contributed by atoms with Crippen LogP contribution >= 0.6 is 27.5 Å². The van der Waals surface area contributed by atoms with Gasteiger partial charge in [-0.25, -0.2) is 0 Å². The van der Waals surface area contributed by atoms with Crippen molar-refractivity contribution in [3.8, 4) is 11.5 Å². The maximum absolute atomic E-state index is 12.1. The van der Waals surface area contributed by atoms with Gasteiger partial charge in [-0.2, -0.15) is 0 Å². The number of hydrogen-bond donors (Lipinski definition) is 1. The fourth-order valence-electron chi connectivity index (χ4n) is 1.88. The molecule has 0 spiro atoms. The Kier molecular flexibility index (Phi) is 6.07. The number of carbonyl (C=O) groups is 1. The molecule has 23 heavy (non-hydrogen) atoms. The zero-order valence-corrected chi connectivity index (χ0v) is 14.9. The maximum Gasteiger partial charge on any atom is 0.248 e. The quantitative estimate of drug-likeness (QED) is 0.741. The first-order valence-electron chi connectivity index (χ1n) is 6.69. The van der Waals surface area contributed by atoms with Crippen molar-refractivity contribution in [2.45, 2.75) is 0 Å². The molecule has 0 aromatic heterocycles. The highest BCUT2D eigenvalue weighted by Gasteiger charge is 2.11. The molecule has 0 aliphatic heterocycles. The average molecular weight is 397 g/mol. The van der Waals surface area contributed by atoms with Crippen LogP contribution < -0.4 is 14.8 Å². The van der Waals surface area contributed by atoms with Crippen LogP contribution in [0.4, 0.5) is 5.69 Å². The van der Waals surface area contributed by atoms with E-state index in [1.165, 1.54) is 20.3 Å². The second kappa shape index (κ2) is 8.04. The number of carbonyl (C=O) groups excluding carboxylic acids is 1. The van der Waals surface area contributed by atoms with Gasteiger partial charge < -0.3 is 14.8 Å². The van der Waals surface area contributed by atoms with Crippen molar-refractivity contribution in [1.29, 1.82) is 0 Å². The van der Waals surface area contributed by atoms with Gasteiger partial charge in [-0.1, -0.05) is 39.7 Å². The van der Waals surface area contributed by atoms with Crippen LogP contribution in [-0.2, 0) is 4.79 Å². The highest BCUT2D eigenvalue weighted by molar-refractivity contribution is 9.10. The molecule has 2 aromatic carbocycles. The van der Waals surface area contributed by atoms with Crippen LogP contribution in [0.1, 0.15) is 5.56 Å². The lowest BCUT2D eigenvalue weighted by Gasteiger charge is -2.12. The minimum atomic E-state index is -0.282. The fraction of sp³-hybridized carbons (Fsp3) is 0.118. The maximum atomic E-state index is 12.1. The van der Waals surface area contributed by atoms with Crippen LogP contribution in [0.2, 0.25) is 5.02 Å². The van der Waals surface area contributed by atoms with Crippen LogP contribution in [0.3, 0.4) is 0 Å². The molecule has 2 rings (SSSR count). The van der Waals surface area contributed by atoms with Gasteiger partial charge in [0.1, 0.15) is 11.5 Å². The molecule has 0 heterocycles. The van der Waals surface area contributed by atoms with E-state index in [1.54, 1.807) is 18.2 Å². The lowest BCUT2D eigenvalue weighted by Crippen LogP contribution is -2.09. The summed E-state index contributed by atoms with van der Waals surface area (Å²) in [4.78, 5) is 12.1. The van der Waals surface area contributed by atoms with Crippen LogP contribution in [0.25, 0.3) is 6.08 Å². The van der Waals surface area contributed by atoms with Crippen molar-refractivity contribution in [2.75, 3.05) is 19.5 Å². The number of hydrogen-bond acceptors (Lipinski definition) is 3. The van der Waals surface area contributed by atoms with Gasteiger partial charge in [0.2, 0.25) is 5.91 Å². The number of anilines is 1. The second-order valence-electron chi connectivity index (χ2n) is 4.56. The normalized spacial score (nSPS) is 10.6. The lowest BCUT2D eigenvalue weighted by atomic mass is 10.2. The third-order valence-electron chi connectivity index (χ3n) is 3.03. The van der Waals surface area contributed by atoms with Crippen molar-refractivity contribution in [2.24, 2.45) is 0 Å². The van der Waals surface area contributed by atoms with Crippen LogP contribution in [-0.4, -0.2) is 20.1 Å². The first-order valence-corrected chi connectivity index (χ1v) is 7.86. The Morgan fingerprint density at radius 1 is 1.13 bits per heavy atom. The molecule has 120 valence electrons. The molecule has 0 atom stereocenters. The lowest BCUT2D eigenvalue weighted by molar-refractivity contribution is -0.111. The minimum absolute atomic E-state index is 0.282. The first-order chi connectivity index (χ1) is 11.0. The summed E-state index contributed by atoms with van der Waals surface area (Å²) in [5, 5.41) is 3.16.